The molecule has 1 aromatic carbocycles. The van der Waals surface area contributed by atoms with Crippen molar-refractivity contribution in [3.8, 4) is 12.5 Å². The Morgan fingerprint density at radius 3 is 2.82 bits per heavy atom. The number of nitrogens with one attached hydrogen (secondary N) is 1. The number of fused-ring (bicyclic) bond motifs is 1. The number of benzene rings is 1. The Morgan fingerprint density at radius 1 is 1.39 bits per heavy atom. The van der Waals surface area contributed by atoms with Crippen molar-refractivity contribution in [3.05, 3.63) is 47.2 Å². The largest absolute Gasteiger partial charge is 0.392 e. The first-order valence-electron chi connectivity index (χ1n) is 9.42. The number of aromatic nitrogens is 1. The zero-order valence-electron chi connectivity index (χ0n) is 15.9. The van der Waals surface area contributed by atoms with Gasteiger partial charge in [-0.25, -0.2) is 4.79 Å². The lowest BCUT2D eigenvalue weighted by atomic mass is 10.1. The van der Waals surface area contributed by atoms with Crippen molar-refractivity contribution in [2.75, 3.05) is 6.54 Å². The number of amides is 1. The first-order chi connectivity index (χ1) is 13.6. The van der Waals surface area contributed by atoms with Gasteiger partial charge in [-0.05, 0) is 37.5 Å². The average Bonchev–Trinajstić information content (AvgIpc) is 3.30. The van der Waals surface area contributed by atoms with Crippen molar-refractivity contribution in [1.82, 2.24) is 9.88 Å². The Labute approximate surface area is 164 Å². The standard InChI is InChI=1S/C22H24N2O4/c1-3-28-20(26)9-6-12-23-22(27)21-15(2)24(17-7-4-5-8-17)19-11-10-16(14-25)13-18(19)21/h1,6,9-11,13,17,25H,4-5,7-8,12,14H2,2H3,(H,23,27)/b9-6+. The Hall–Kier alpha value is -3.04. The summed E-state index contributed by atoms with van der Waals surface area (Å²) in [7, 11) is 0. The monoisotopic (exact) mass is 380 g/mol. The lowest BCUT2D eigenvalue weighted by Crippen LogP contribution is -2.24. The fourth-order valence-corrected chi connectivity index (χ4v) is 3.99. The third kappa shape index (κ3) is 3.95. The SMILES string of the molecule is C#COC(=O)/C=C/CNC(=O)c1c(C)n(C2CCCC2)c2ccc(CO)cc12. The first kappa shape index (κ1) is 19.7. The third-order valence-corrected chi connectivity index (χ3v) is 5.21. The minimum atomic E-state index is -0.654. The molecule has 6 heteroatoms. The van der Waals surface area contributed by atoms with Crippen LogP contribution in [0.15, 0.2) is 30.4 Å². The predicted octanol–water partition coefficient (Wildman–Crippen LogP) is 2.98. The molecule has 1 aliphatic rings. The van der Waals surface area contributed by atoms with Gasteiger partial charge in [0.25, 0.3) is 5.91 Å². The molecule has 1 amide bonds. The van der Waals surface area contributed by atoms with Gasteiger partial charge in [0.1, 0.15) is 6.11 Å². The van der Waals surface area contributed by atoms with Crippen LogP contribution in [0.2, 0.25) is 0 Å². The van der Waals surface area contributed by atoms with Crippen molar-refractivity contribution in [2.45, 2.75) is 45.3 Å². The normalized spacial score (nSPS) is 14.5. The summed E-state index contributed by atoms with van der Waals surface area (Å²) in [5.74, 6) is -0.873. The van der Waals surface area contributed by atoms with E-state index in [4.69, 9.17) is 6.42 Å². The molecule has 1 heterocycles. The van der Waals surface area contributed by atoms with Crippen LogP contribution in [-0.4, -0.2) is 28.1 Å². The molecule has 2 N–H and O–H groups in total. The van der Waals surface area contributed by atoms with Crippen molar-refractivity contribution < 1.29 is 19.4 Å². The Morgan fingerprint density at radius 2 is 2.14 bits per heavy atom. The number of terminal acetylenes is 1. The average molecular weight is 380 g/mol. The second-order valence-corrected chi connectivity index (χ2v) is 6.93. The maximum Gasteiger partial charge on any atom is 0.344 e. The van der Waals surface area contributed by atoms with Gasteiger partial charge >= 0.3 is 5.97 Å². The van der Waals surface area contributed by atoms with E-state index in [2.05, 4.69) is 14.6 Å². The highest BCUT2D eigenvalue weighted by Crippen LogP contribution is 2.37. The van der Waals surface area contributed by atoms with Crippen LogP contribution in [0.25, 0.3) is 10.9 Å². The molecular formula is C22H24N2O4. The number of hydrogen-bond acceptors (Lipinski definition) is 4. The molecule has 0 bridgehead atoms. The molecule has 0 aliphatic heterocycles. The van der Waals surface area contributed by atoms with Gasteiger partial charge in [-0.2, -0.15) is 0 Å². The van der Waals surface area contributed by atoms with Crippen LogP contribution in [0.3, 0.4) is 0 Å². The minimum Gasteiger partial charge on any atom is -0.392 e. The number of ether oxygens (including phenoxy) is 1. The highest BCUT2D eigenvalue weighted by molar-refractivity contribution is 6.08. The highest BCUT2D eigenvalue weighted by atomic mass is 16.5. The van der Waals surface area contributed by atoms with E-state index in [9.17, 15) is 14.7 Å². The molecular weight excluding hydrogens is 356 g/mol. The van der Waals surface area contributed by atoms with Gasteiger partial charge in [-0.3, -0.25) is 4.79 Å². The molecule has 1 fully saturated rings. The number of carbonyl (C=O) groups is 2. The Bertz CT molecular complexity index is 959. The maximum atomic E-state index is 12.9. The summed E-state index contributed by atoms with van der Waals surface area (Å²) in [4.78, 5) is 24.1. The molecule has 1 saturated carbocycles. The summed E-state index contributed by atoms with van der Waals surface area (Å²) >= 11 is 0. The Balaban J connectivity index is 1.90. The number of nitrogens with zero attached hydrogens (tertiary/aromatic N) is 1. The molecule has 0 unspecified atom stereocenters. The molecule has 1 aliphatic carbocycles. The molecule has 28 heavy (non-hydrogen) atoms. The molecule has 0 spiro atoms. The predicted molar refractivity (Wildman–Crippen MR) is 107 cm³/mol. The number of esters is 1. The van der Waals surface area contributed by atoms with Crippen molar-refractivity contribution in [3.63, 3.8) is 0 Å². The van der Waals surface area contributed by atoms with Gasteiger partial charge < -0.3 is 19.7 Å². The minimum absolute atomic E-state index is 0.0787. The number of rotatable bonds is 6. The van der Waals surface area contributed by atoms with Crippen LogP contribution in [0.1, 0.15) is 53.3 Å². The van der Waals surface area contributed by atoms with Gasteiger partial charge in [0, 0.05) is 35.3 Å². The third-order valence-electron chi connectivity index (χ3n) is 5.21. The van der Waals surface area contributed by atoms with Crippen molar-refractivity contribution in [2.24, 2.45) is 0 Å². The van der Waals surface area contributed by atoms with Crippen LogP contribution in [-0.2, 0) is 16.1 Å². The summed E-state index contributed by atoms with van der Waals surface area (Å²) in [6, 6.07) is 6.15. The summed E-state index contributed by atoms with van der Waals surface area (Å²) < 4.78 is 6.62. The summed E-state index contributed by atoms with van der Waals surface area (Å²) in [5.41, 5.74) is 3.31. The zero-order chi connectivity index (χ0) is 20.1. The number of carbonyl (C=O) groups excluding carboxylic acids is 2. The highest BCUT2D eigenvalue weighted by Gasteiger charge is 2.26. The van der Waals surface area contributed by atoms with Crippen molar-refractivity contribution >= 4 is 22.8 Å². The zero-order valence-corrected chi connectivity index (χ0v) is 15.9. The van der Waals surface area contributed by atoms with Gasteiger partial charge in [-0.15, -0.1) is 0 Å². The quantitative estimate of drug-likeness (QED) is 0.459. The topological polar surface area (TPSA) is 80.6 Å². The van der Waals surface area contributed by atoms with Gasteiger partial charge in [-0.1, -0.05) is 31.4 Å². The number of hydrogen-bond donors (Lipinski definition) is 2. The summed E-state index contributed by atoms with van der Waals surface area (Å²) in [6.45, 7) is 2.06. The van der Waals surface area contributed by atoms with Gasteiger partial charge in [0.15, 0.2) is 0 Å². The van der Waals surface area contributed by atoms with Crippen LogP contribution in [0.5, 0.6) is 0 Å². The molecule has 0 radical (unpaired) electrons. The molecule has 6 nitrogen and oxygen atoms in total. The second kappa shape index (κ2) is 8.77. The number of aliphatic hydroxyl groups is 1. The van der Waals surface area contributed by atoms with Gasteiger partial charge in [0.2, 0.25) is 0 Å². The van der Waals surface area contributed by atoms with E-state index in [0.717, 1.165) is 35.0 Å². The maximum absolute atomic E-state index is 12.9. The van der Waals surface area contributed by atoms with Gasteiger partial charge in [0.05, 0.1) is 12.2 Å². The van der Waals surface area contributed by atoms with Crippen LogP contribution in [0, 0.1) is 19.5 Å². The van der Waals surface area contributed by atoms with E-state index in [1.165, 1.54) is 25.0 Å². The van der Waals surface area contributed by atoms with E-state index < -0.39 is 5.97 Å². The summed E-state index contributed by atoms with van der Waals surface area (Å²) in [5, 5.41) is 13.2. The molecule has 2 aromatic rings. The smallest absolute Gasteiger partial charge is 0.344 e. The number of aliphatic hydroxyl groups excluding tert-OH is 1. The molecule has 0 atom stereocenters. The van der Waals surface area contributed by atoms with E-state index >= 15 is 0 Å². The first-order valence-corrected chi connectivity index (χ1v) is 9.42. The van der Waals surface area contributed by atoms with E-state index in [-0.39, 0.29) is 19.1 Å². The summed E-state index contributed by atoms with van der Waals surface area (Å²) in [6.07, 6.45) is 14.0. The fourth-order valence-electron chi connectivity index (χ4n) is 3.99. The lowest BCUT2D eigenvalue weighted by molar-refractivity contribution is -0.131. The van der Waals surface area contributed by atoms with Crippen LogP contribution >= 0.6 is 0 Å². The van der Waals surface area contributed by atoms with E-state index in [1.54, 1.807) is 6.11 Å². The van der Waals surface area contributed by atoms with Crippen LogP contribution < -0.4 is 5.32 Å². The van der Waals surface area contributed by atoms with E-state index in [0.29, 0.717) is 11.6 Å². The second-order valence-electron chi connectivity index (χ2n) is 6.93. The molecule has 0 saturated heterocycles. The van der Waals surface area contributed by atoms with Crippen LogP contribution in [0.4, 0.5) is 0 Å². The molecule has 146 valence electrons. The lowest BCUT2D eigenvalue weighted by Gasteiger charge is -2.16. The van der Waals surface area contributed by atoms with E-state index in [1.807, 2.05) is 25.1 Å². The molecule has 1 aromatic heterocycles. The molecule has 3 rings (SSSR count). The Kier molecular flexibility index (Phi) is 6.17. The van der Waals surface area contributed by atoms with Crippen molar-refractivity contribution in [1.29, 1.82) is 0 Å². The fraction of sp³-hybridized carbons (Fsp3) is 0.364.